The molecule has 2 nitrogen and oxygen atoms in total. The Kier molecular flexibility index (Phi) is 4.39. The second kappa shape index (κ2) is 6.03. The molecule has 0 atom stereocenters. The highest BCUT2D eigenvalue weighted by molar-refractivity contribution is 9.10. The van der Waals surface area contributed by atoms with Crippen molar-refractivity contribution in [1.82, 2.24) is 0 Å². The normalized spacial score (nSPS) is 10.8. The van der Waals surface area contributed by atoms with Crippen molar-refractivity contribution in [3.8, 4) is 0 Å². The van der Waals surface area contributed by atoms with E-state index in [1.54, 1.807) is 6.21 Å². The number of aryl methyl sites for hydroxylation is 1. The van der Waals surface area contributed by atoms with Gasteiger partial charge in [-0.15, -0.1) is 0 Å². The van der Waals surface area contributed by atoms with Gasteiger partial charge < -0.3 is 0 Å². The summed E-state index contributed by atoms with van der Waals surface area (Å²) in [5.74, 6) is 0. The third kappa shape index (κ3) is 3.59. The van der Waals surface area contributed by atoms with Crippen LogP contribution in [-0.2, 0) is 0 Å². The van der Waals surface area contributed by atoms with Crippen molar-refractivity contribution in [2.45, 2.75) is 6.92 Å². The predicted molar refractivity (Wildman–Crippen MR) is 81.5 cm³/mol. The summed E-state index contributed by atoms with van der Waals surface area (Å²) in [6.07, 6.45) is 1.76. The summed E-state index contributed by atoms with van der Waals surface area (Å²) in [6.45, 7) is 1.97. The second-order valence-corrected chi connectivity index (χ2v) is 5.21. The monoisotopic (exact) mass is 322 g/mol. The molecule has 1 N–H and O–H groups in total. The Morgan fingerprint density at radius 3 is 2.56 bits per heavy atom. The van der Waals surface area contributed by atoms with Crippen LogP contribution in [0.3, 0.4) is 0 Å². The lowest BCUT2D eigenvalue weighted by Gasteiger charge is -2.02. The Bertz CT molecular complexity index is 565. The van der Waals surface area contributed by atoms with Gasteiger partial charge in [0.1, 0.15) is 0 Å². The summed E-state index contributed by atoms with van der Waals surface area (Å²) < 4.78 is 1.05. The zero-order valence-electron chi connectivity index (χ0n) is 9.82. The topological polar surface area (TPSA) is 24.4 Å². The molecule has 0 amide bonds. The molecule has 2 aromatic carbocycles. The van der Waals surface area contributed by atoms with E-state index in [9.17, 15) is 0 Å². The zero-order valence-corrected chi connectivity index (χ0v) is 12.2. The average Bonchev–Trinajstić information content (AvgIpc) is 2.36. The van der Waals surface area contributed by atoms with E-state index in [4.69, 9.17) is 11.6 Å². The Morgan fingerprint density at radius 2 is 1.89 bits per heavy atom. The van der Waals surface area contributed by atoms with E-state index in [-0.39, 0.29) is 0 Å². The minimum Gasteiger partial charge on any atom is -0.278 e. The highest BCUT2D eigenvalue weighted by atomic mass is 79.9. The zero-order chi connectivity index (χ0) is 13.0. The number of halogens is 2. The first-order valence-electron chi connectivity index (χ1n) is 5.46. The van der Waals surface area contributed by atoms with Crippen LogP contribution in [0.15, 0.2) is 52.0 Å². The van der Waals surface area contributed by atoms with Crippen LogP contribution < -0.4 is 5.43 Å². The van der Waals surface area contributed by atoms with Crippen molar-refractivity contribution in [3.05, 3.63) is 63.1 Å². The van der Waals surface area contributed by atoms with Gasteiger partial charge in [-0.25, -0.2) is 0 Å². The van der Waals surface area contributed by atoms with Crippen molar-refractivity contribution < 1.29 is 0 Å². The first-order chi connectivity index (χ1) is 8.65. The molecule has 4 heteroatoms. The predicted octanol–water partition coefficient (Wildman–Crippen LogP) is 4.86. The smallest absolute Gasteiger partial charge is 0.0576 e. The lowest BCUT2D eigenvalue weighted by atomic mass is 10.2. The number of rotatable bonds is 3. The second-order valence-electron chi connectivity index (χ2n) is 3.89. The average molecular weight is 324 g/mol. The fourth-order valence-corrected chi connectivity index (χ4v) is 1.84. The summed E-state index contributed by atoms with van der Waals surface area (Å²) >= 11 is 9.42. The maximum absolute atomic E-state index is 6.03. The molecular weight excluding hydrogens is 312 g/mol. The van der Waals surface area contributed by atoms with Gasteiger partial charge in [-0.3, -0.25) is 5.43 Å². The van der Waals surface area contributed by atoms with Crippen molar-refractivity contribution in [2.24, 2.45) is 5.10 Å². The van der Waals surface area contributed by atoms with Crippen LogP contribution in [0.1, 0.15) is 11.1 Å². The third-order valence-electron chi connectivity index (χ3n) is 2.45. The molecular formula is C14H12BrClN2. The van der Waals surface area contributed by atoms with Crippen LogP contribution in [0.25, 0.3) is 0 Å². The summed E-state index contributed by atoms with van der Waals surface area (Å²) in [7, 11) is 0. The van der Waals surface area contributed by atoms with E-state index in [2.05, 4.69) is 26.5 Å². The number of hydrogen-bond donors (Lipinski definition) is 1. The van der Waals surface area contributed by atoms with Crippen LogP contribution in [0, 0.1) is 6.92 Å². The van der Waals surface area contributed by atoms with Crippen molar-refractivity contribution >= 4 is 39.4 Å². The van der Waals surface area contributed by atoms with Crippen LogP contribution in [0.2, 0.25) is 5.02 Å². The van der Waals surface area contributed by atoms with Gasteiger partial charge in [-0.1, -0.05) is 45.7 Å². The van der Waals surface area contributed by atoms with E-state index < -0.39 is 0 Å². The summed E-state index contributed by atoms with van der Waals surface area (Å²) in [4.78, 5) is 0. The van der Waals surface area contributed by atoms with E-state index in [1.807, 2.05) is 49.4 Å². The Hall–Kier alpha value is -1.32. The van der Waals surface area contributed by atoms with Gasteiger partial charge in [0.25, 0.3) is 0 Å². The highest BCUT2D eigenvalue weighted by Crippen LogP contribution is 2.19. The fourth-order valence-electron chi connectivity index (χ4n) is 1.39. The lowest BCUT2D eigenvalue weighted by Crippen LogP contribution is -1.91. The molecule has 0 saturated carbocycles. The number of benzene rings is 2. The van der Waals surface area contributed by atoms with Gasteiger partial charge in [0.2, 0.25) is 0 Å². The van der Waals surface area contributed by atoms with Crippen molar-refractivity contribution in [1.29, 1.82) is 0 Å². The molecule has 2 rings (SSSR count). The molecule has 0 bridgehead atoms. The molecule has 0 spiro atoms. The van der Waals surface area contributed by atoms with E-state index in [0.717, 1.165) is 26.3 Å². The molecule has 92 valence electrons. The Balaban J connectivity index is 2.02. The summed E-state index contributed by atoms with van der Waals surface area (Å²) in [5.41, 5.74) is 5.91. The largest absolute Gasteiger partial charge is 0.278 e. The van der Waals surface area contributed by atoms with Gasteiger partial charge in [0.05, 0.1) is 11.9 Å². The molecule has 0 aliphatic carbocycles. The fraction of sp³-hybridized carbons (Fsp3) is 0.0714. The first-order valence-corrected chi connectivity index (χ1v) is 6.63. The third-order valence-corrected chi connectivity index (χ3v) is 3.38. The van der Waals surface area contributed by atoms with Crippen molar-refractivity contribution in [2.75, 3.05) is 5.43 Å². The Labute approximate surface area is 120 Å². The lowest BCUT2D eigenvalue weighted by molar-refractivity contribution is 1.34. The molecule has 0 fully saturated rings. The van der Waals surface area contributed by atoms with Crippen LogP contribution >= 0.6 is 27.5 Å². The van der Waals surface area contributed by atoms with Crippen LogP contribution in [0.4, 0.5) is 5.69 Å². The first kappa shape index (κ1) is 13.1. The van der Waals surface area contributed by atoms with Gasteiger partial charge in [-0.05, 0) is 42.3 Å². The van der Waals surface area contributed by atoms with Gasteiger partial charge in [0, 0.05) is 9.50 Å². The standard InChI is InChI=1S/C14H12BrClN2/c1-10-2-7-13(8-14(10)16)18-17-9-11-3-5-12(15)6-4-11/h2-9,18H,1H3/b17-9-. The Morgan fingerprint density at radius 1 is 1.17 bits per heavy atom. The SMILES string of the molecule is Cc1ccc(N/N=C\c2ccc(Br)cc2)cc1Cl. The quantitative estimate of drug-likeness (QED) is 0.633. The van der Waals surface area contributed by atoms with E-state index in [1.165, 1.54) is 0 Å². The highest BCUT2D eigenvalue weighted by Gasteiger charge is 1.96. The van der Waals surface area contributed by atoms with Crippen LogP contribution in [-0.4, -0.2) is 6.21 Å². The molecule has 0 aliphatic heterocycles. The number of nitrogens with one attached hydrogen (secondary N) is 1. The van der Waals surface area contributed by atoms with Crippen LogP contribution in [0.5, 0.6) is 0 Å². The molecule has 0 heterocycles. The van der Waals surface area contributed by atoms with Gasteiger partial charge in [-0.2, -0.15) is 5.10 Å². The molecule has 0 unspecified atom stereocenters. The summed E-state index contributed by atoms with van der Waals surface area (Å²) in [5, 5.41) is 4.90. The number of anilines is 1. The minimum atomic E-state index is 0.735. The molecule has 18 heavy (non-hydrogen) atoms. The minimum absolute atomic E-state index is 0.735. The van der Waals surface area contributed by atoms with E-state index >= 15 is 0 Å². The number of hydrazone groups is 1. The maximum atomic E-state index is 6.03. The molecule has 0 saturated heterocycles. The molecule has 0 aliphatic rings. The van der Waals surface area contributed by atoms with Crippen molar-refractivity contribution in [3.63, 3.8) is 0 Å². The number of hydrogen-bond acceptors (Lipinski definition) is 2. The van der Waals surface area contributed by atoms with Gasteiger partial charge in [0.15, 0.2) is 0 Å². The van der Waals surface area contributed by atoms with E-state index in [0.29, 0.717) is 0 Å². The maximum Gasteiger partial charge on any atom is 0.0576 e. The molecule has 2 aromatic rings. The number of nitrogens with zero attached hydrogens (tertiary/aromatic N) is 1. The van der Waals surface area contributed by atoms with Gasteiger partial charge >= 0.3 is 0 Å². The molecule has 0 aromatic heterocycles. The molecule has 0 radical (unpaired) electrons. The summed E-state index contributed by atoms with van der Waals surface area (Å²) in [6, 6.07) is 13.7.